The van der Waals surface area contributed by atoms with Gasteiger partial charge in [-0.2, -0.15) is 0 Å². The standard InChI is InChI=1S/C27H29FN6O4/c1-27(2)9-6-23-31-32-24(34(23)27)21-4-3-5-22(29-21)30-25(35)19-12-17-14-33(10-7-16(17)13-20(19)28)26(36)38-18-8-11-37-15-18/h3-5,12-13,18H,6-11,14-15H2,1-2H3,(H,29,30,35). The number of rotatable bonds is 4. The maximum absolute atomic E-state index is 15.0. The Hall–Kier alpha value is -3.86. The molecule has 2 aromatic heterocycles. The summed E-state index contributed by atoms with van der Waals surface area (Å²) in [7, 11) is 0. The highest BCUT2D eigenvalue weighted by atomic mass is 19.1. The van der Waals surface area contributed by atoms with Gasteiger partial charge in [-0.3, -0.25) is 4.79 Å². The van der Waals surface area contributed by atoms with Crippen LogP contribution in [0.3, 0.4) is 0 Å². The fourth-order valence-electron chi connectivity index (χ4n) is 5.35. The average molecular weight is 521 g/mol. The fraction of sp³-hybridized carbons (Fsp3) is 0.444. The Morgan fingerprint density at radius 1 is 1.18 bits per heavy atom. The number of aromatic nitrogens is 4. The molecule has 1 aromatic carbocycles. The van der Waals surface area contributed by atoms with Crippen molar-refractivity contribution >= 4 is 17.8 Å². The van der Waals surface area contributed by atoms with Crippen molar-refractivity contribution in [1.29, 1.82) is 0 Å². The van der Waals surface area contributed by atoms with Crippen LogP contribution in [0.2, 0.25) is 0 Å². The predicted octanol–water partition coefficient (Wildman–Crippen LogP) is 3.70. The predicted molar refractivity (Wildman–Crippen MR) is 135 cm³/mol. The van der Waals surface area contributed by atoms with E-state index in [1.807, 2.05) is 6.07 Å². The Morgan fingerprint density at radius 3 is 2.87 bits per heavy atom. The lowest BCUT2D eigenvalue weighted by Crippen LogP contribution is -2.38. The highest BCUT2D eigenvalue weighted by Crippen LogP contribution is 2.35. The molecule has 3 aliphatic rings. The Bertz CT molecular complexity index is 1410. The molecule has 3 aromatic rings. The van der Waals surface area contributed by atoms with E-state index in [1.54, 1.807) is 17.0 Å². The molecule has 0 spiro atoms. The van der Waals surface area contributed by atoms with Gasteiger partial charge in [0.1, 0.15) is 29.3 Å². The first-order valence-corrected chi connectivity index (χ1v) is 12.9. The third kappa shape index (κ3) is 4.51. The largest absolute Gasteiger partial charge is 0.444 e. The zero-order valence-electron chi connectivity index (χ0n) is 21.4. The summed E-state index contributed by atoms with van der Waals surface area (Å²) in [6.45, 7) is 5.90. The fourth-order valence-corrected chi connectivity index (χ4v) is 5.35. The molecule has 1 N–H and O–H groups in total. The zero-order chi connectivity index (χ0) is 26.4. The molecule has 1 saturated heterocycles. The summed E-state index contributed by atoms with van der Waals surface area (Å²) in [4.78, 5) is 31.9. The zero-order valence-corrected chi connectivity index (χ0v) is 21.4. The first-order valence-electron chi connectivity index (χ1n) is 12.9. The van der Waals surface area contributed by atoms with E-state index in [0.29, 0.717) is 49.7 Å². The summed E-state index contributed by atoms with van der Waals surface area (Å²) in [6.07, 6.45) is 2.30. The molecule has 1 atom stereocenters. The van der Waals surface area contributed by atoms with Crippen LogP contribution >= 0.6 is 0 Å². The van der Waals surface area contributed by atoms with Crippen LogP contribution in [0.1, 0.15) is 54.0 Å². The molecule has 0 radical (unpaired) electrons. The van der Waals surface area contributed by atoms with Gasteiger partial charge < -0.3 is 24.3 Å². The van der Waals surface area contributed by atoms with E-state index in [2.05, 4.69) is 38.9 Å². The third-order valence-electron chi connectivity index (χ3n) is 7.48. The van der Waals surface area contributed by atoms with Gasteiger partial charge in [0.15, 0.2) is 5.82 Å². The minimum Gasteiger partial charge on any atom is -0.444 e. The van der Waals surface area contributed by atoms with Crippen molar-refractivity contribution in [2.75, 3.05) is 25.1 Å². The topological polar surface area (TPSA) is 111 Å². The molecule has 11 heteroatoms. The molecule has 3 aliphatic heterocycles. The van der Waals surface area contributed by atoms with Crippen LogP contribution in [-0.2, 0) is 34.4 Å². The number of benzene rings is 1. The van der Waals surface area contributed by atoms with Gasteiger partial charge in [-0.1, -0.05) is 6.07 Å². The van der Waals surface area contributed by atoms with Crippen LogP contribution in [0.5, 0.6) is 0 Å². The van der Waals surface area contributed by atoms with Gasteiger partial charge in [0.2, 0.25) is 0 Å². The van der Waals surface area contributed by atoms with Crippen molar-refractivity contribution in [2.24, 2.45) is 0 Å². The summed E-state index contributed by atoms with van der Waals surface area (Å²) >= 11 is 0. The lowest BCUT2D eigenvalue weighted by atomic mass is 9.96. The maximum Gasteiger partial charge on any atom is 0.410 e. The number of carbonyl (C=O) groups is 2. The number of amides is 2. The third-order valence-corrected chi connectivity index (χ3v) is 7.48. The van der Waals surface area contributed by atoms with Crippen molar-refractivity contribution < 1.29 is 23.5 Å². The molecular weight excluding hydrogens is 491 g/mol. The highest BCUT2D eigenvalue weighted by molar-refractivity contribution is 6.04. The first-order chi connectivity index (χ1) is 18.3. The van der Waals surface area contributed by atoms with Gasteiger partial charge in [0.05, 0.1) is 18.8 Å². The molecular formula is C27H29FN6O4. The van der Waals surface area contributed by atoms with Crippen LogP contribution in [0.15, 0.2) is 30.3 Å². The van der Waals surface area contributed by atoms with Crippen molar-refractivity contribution in [3.05, 3.63) is 58.7 Å². The molecule has 5 heterocycles. The lowest BCUT2D eigenvalue weighted by molar-refractivity contribution is 0.0516. The maximum atomic E-state index is 15.0. The molecule has 10 nitrogen and oxygen atoms in total. The van der Waals surface area contributed by atoms with Crippen LogP contribution in [0.4, 0.5) is 15.0 Å². The summed E-state index contributed by atoms with van der Waals surface area (Å²) in [6, 6.07) is 8.11. The number of pyridine rings is 1. The number of hydrogen-bond acceptors (Lipinski definition) is 7. The molecule has 198 valence electrons. The second-order valence-electron chi connectivity index (χ2n) is 10.6. The Kier molecular flexibility index (Phi) is 6.10. The van der Waals surface area contributed by atoms with Crippen LogP contribution in [0.25, 0.3) is 11.5 Å². The number of anilines is 1. The first kappa shape index (κ1) is 24.5. The van der Waals surface area contributed by atoms with E-state index in [-0.39, 0.29) is 29.6 Å². The van der Waals surface area contributed by atoms with Crippen LogP contribution < -0.4 is 5.32 Å². The molecule has 0 saturated carbocycles. The Labute approximate surface area is 219 Å². The van der Waals surface area contributed by atoms with E-state index < -0.39 is 17.8 Å². The molecule has 1 unspecified atom stereocenters. The van der Waals surface area contributed by atoms with Gasteiger partial charge >= 0.3 is 6.09 Å². The molecule has 6 rings (SSSR count). The molecule has 0 bridgehead atoms. The second kappa shape index (κ2) is 9.46. The number of aryl methyl sites for hydroxylation is 1. The van der Waals surface area contributed by atoms with Crippen LogP contribution in [0, 0.1) is 5.82 Å². The normalized spacial score (nSPS) is 19.7. The van der Waals surface area contributed by atoms with E-state index in [4.69, 9.17) is 9.47 Å². The number of hydrogen-bond donors (Lipinski definition) is 1. The van der Waals surface area contributed by atoms with Crippen LogP contribution in [-0.4, -0.2) is 62.5 Å². The van der Waals surface area contributed by atoms with E-state index in [1.165, 1.54) is 12.1 Å². The van der Waals surface area contributed by atoms with E-state index >= 15 is 0 Å². The summed E-state index contributed by atoms with van der Waals surface area (Å²) in [5.74, 6) is 0.585. The number of nitrogens with one attached hydrogen (secondary N) is 1. The molecule has 2 amide bonds. The summed E-state index contributed by atoms with van der Waals surface area (Å²) < 4.78 is 27.8. The number of carbonyl (C=O) groups excluding carboxylic acids is 2. The van der Waals surface area contributed by atoms with Gasteiger partial charge in [-0.25, -0.2) is 14.2 Å². The smallest absolute Gasteiger partial charge is 0.410 e. The number of ether oxygens (including phenoxy) is 2. The highest BCUT2D eigenvalue weighted by Gasteiger charge is 2.34. The SMILES string of the molecule is CC1(C)CCc2nnc(-c3cccc(NC(=O)c4cc5c(cc4F)CCN(C(=O)OC4CCOC4)C5)n3)n21. The van der Waals surface area contributed by atoms with E-state index in [9.17, 15) is 14.0 Å². The lowest BCUT2D eigenvalue weighted by Gasteiger charge is -2.29. The number of nitrogens with zero attached hydrogens (tertiary/aromatic N) is 5. The number of fused-ring (bicyclic) bond motifs is 2. The van der Waals surface area contributed by atoms with E-state index in [0.717, 1.165) is 24.2 Å². The summed E-state index contributed by atoms with van der Waals surface area (Å²) in [5.41, 5.74) is 1.82. The van der Waals surface area contributed by atoms with Crippen molar-refractivity contribution in [1.82, 2.24) is 24.6 Å². The molecule has 1 fully saturated rings. The minimum absolute atomic E-state index is 0.111. The minimum atomic E-state index is -0.621. The average Bonchev–Trinajstić information content (AvgIpc) is 3.63. The van der Waals surface area contributed by atoms with Gasteiger partial charge in [-0.05, 0) is 62.1 Å². The number of halogens is 1. The van der Waals surface area contributed by atoms with Gasteiger partial charge in [0, 0.05) is 31.5 Å². The van der Waals surface area contributed by atoms with Gasteiger partial charge in [0.25, 0.3) is 5.91 Å². The molecule has 0 aliphatic carbocycles. The molecule has 38 heavy (non-hydrogen) atoms. The van der Waals surface area contributed by atoms with Crippen molar-refractivity contribution in [2.45, 2.75) is 57.7 Å². The summed E-state index contributed by atoms with van der Waals surface area (Å²) in [5, 5.41) is 11.3. The quantitative estimate of drug-likeness (QED) is 0.558. The van der Waals surface area contributed by atoms with Crippen molar-refractivity contribution in [3.8, 4) is 11.5 Å². The Morgan fingerprint density at radius 2 is 2.05 bits per heavy atom. The Balaban J connectivity index is 1.19. The monoisotopic (exact) mass is 520 g/mol. The second-order valence-corrected chi connectivity index (χ2v) is 10.6. The van der Waals surface area contributed by atoms with Gasteiger partial charge in [-0.15, -0.1) is 10.2 Å². The van der Waals surface area contributed by atoms with Crippen molar-refractivity contribution in [3.63, 3.8) is 0 Å².